The summed E-state index contributed by atoms with van der Waals surface area (Å²) < 4.78 is 6.17. The molecule has 0 N–H and O–H groups in total. The lowest BCUT2D eigenvalue weighted by Crippen LogP contribution is -2.35. The van der Waals surface area contributed by atoms with Crippen molar-refractivity contribution >= 4 is 38.9 Å². The minimum absolute atomic E-state index is 0.764. The van der Waals surface area contributed by atoms with E-state index in [4.69, 9.17) is 4.74 Å². The van der Waals surface area contributed by atoms with Crippen molar-refractivity contribution < 1.29 is 4.74 Å². The summed E-state index contributed by atoms with van der Waals surface area (Å²) in [4.78, 5) is 11.3. The van der Waals surface area contributed by atoms with Crippen molar-refractivity contribution in [3.8, 4) is 0 Å². The lowest BCUT2D eigenvalue weighted by Gasteiger charge is -2.24. The molecule has 1 aliphatic rings. The molecule has 0 saturated carbocycles. The number of fused-ring (bicyclic) bond motifs is 1. The molecule has 1 aromatic heterocycles. The maximum atomic E-state index is 5.33. The van der Waals surface area contributed by atoms with Crippen LogP contribution in [0.5, 0.6) is 0 Å². The van der Waals surface area contributed by atoms with Crippen LogP contribution in [0.25, 0.3) is 10.8 Å². The quantitative estimate of drug-likeness (QED) is 0.480. The summed E-state index contributed by atoms with van der Waals surface area (Å²) in [6.07, 6.45) is 1.87. The number of halogens is 1. The Bertz CT molecular complexity index is 651. The van der Waals surface area contributed by atoms with E-state index in [1.165, 1.54) is 5.39 Å². The first-order chi connectivity index (χ1) is 9.75. The number of hydrogen-bond donors (Lipinski definition) is 0. The Morgan fingerprint density at radius 3 is 2.70 bits per heavy atom. The van der Waals surface area contributed by atoms with Gasteiger partial charge in [0, 0.05) is 24.0 Å². The van der Waals surface area contributed by atoms with Gasteiger partial charge < -0.3 is 9.64 Å². The van der Waals surface area contributed by atoms with Crippen molar-refractivity contribution in [3.63, 3.8) is 0 Å². The molecule has 0 radical (unpaired) electrons. The smallest absolute Gasteiger partial charge is 0.158 e. The van der Waals surface area contributed by atoms with E-state index in [-0.39, 0.29) is 0 Å². The molecule has 2 aromatic rings. The van der Waals surface area contributed by atoms with Gasteiger partial charge in [-0.1, -0.05) is 24.3 Å². The van der Waals surface area contributed by atoms with Gasteiger partial charge in [0.15, 0.2) is 5.82 Å². The lowest BCUT2D eigenvalue weighted by molar-refractivity contribution is 0.0701. The van der Waals surface area contributed by atoms with Gasteiger partial charge in [-0.3, -0.25) is 0 Å². The van der Waals surface area contributed by atoms with Crippen molar-refractivity contribution in [2.45, 2.75) is 6.92 Å². The van der Waals surface area contributed by atoms with Crippen LogP contribution in [0.2, 0.25) is 0 Å². The molecule has 0 spiro atoms. The van der Waals surface area contributed by atoms with E-state index in [2.05, 4.69) is 49.9 Å². The van der Waals surface area contributed by atoms with Gasteiger partial charge >= 0.3 is 0 Å². The molecule has 0 unspecified atom stereocenters. The highest BCUT2D eigenvalue weighted by Gasteiger charge is 2.09. The molecule has 2 heterocycles. The highest BCUT2D eigenvalue weighted by Crippen LogP contribution is 2.30. The van der Waals surface area contributed by atoms with Crippen molar-refractivity contribution in [1.29, 1.82) is 0 Å². The number of nitrogens with zero attached hydrogens (tertiary/aromatic N) is 3. The fourth-order valence-electron chi connectivity index (χ4n) is 2.30. The van der Waals surface area contributed by atoms with Crippen LogP contribution in [0.4, 0.5) is 5.82 Å². The highest BCUT2D eigenvalue weighted by atomic mass is 79.9. The van der Waals surface area contributed by atoms with Crippen LogP contribution in [0.3, 0.4) is 0 Å². The standard InChI is InChI=1S/C15H16BrN3O/c1-11-12-4-2-3-5-13(12)14(16)18-15(11)17-10-19-6-8-20-9-7-19/h2-5,10H,6-9H2,1H3/b17-10+. The van der Waals surface area contributed by atoms with Crippen molar-refractivity contribution in [2.75, 3.05) is 26.3 Å². The normalized spacial score (nSPS) is 16.2. The SMILES string of the molecule is Cc1c(/N=C/N2CCOCC2)nc(Br)c2ccccc12. The van der Waals surface area contributed by atoms with Gasteiger partial charge in [-0.05, 0) is 28.2 Å². The number of benzene rings is 1. The zero-order chi connectivity index (χ0) is 13.9. The van der Waals surface area contributed by atoms with E-state index < -0.39 is 0 Å². The third kappa shape index (κ3) is 2.69. The molecule has 1 fully saturated rings. The van der Waals surface area contributed by atoms with Crippen LogP contribution >= 0.6 is 15.9 Å². The average molecular weight is 334 g/mol. The van der Waals surface area contributed by atoms with E-state index in [9.17, 15) is 0 Å². The number of ether oxygens (including phenoxy) is 1. The Hall–Kier alpha value is -1.46. The number of aryl methyl sites for hydroxylation is 1. The minimum Gasteiger partial charge on any atom is -0.378 e. The first kappa shape index (κ1) is 13.5. The lowest BCUT2D eigenvalue weighted by atomic mass is 10.1. The van der Waals surface area contributed by atoms with E-state index in [1.54, 1.807) is 0 Å². The summed E-state index contributed by atoms with van der Waals surface area (Å²) in [5.41, 5.74) is 1.10. The van der Waals surface area contributed by atoms with Gasteiger partial charge in [-0.2, -0.15) is 0 Å². The summed E-state index contributed by atoms with van der Waals surface area (Å²) in [6, 6.07) is 8.22. The molecular formula is C15H16BrN3O. The molecule has 1 aromatic carbocycles. The summed E-state index contributed by atoms with van der Waals surface area (Å²) in [5.74, 6) is 0.766. The maximum absolute atomic E-state index is 5.33. The average Bonchev–Trinajstić information content (AvgIpc) is 2.50. The fourth-order valence-corrected chi connectivity index (χ4v) is 2.82. The predicted molar refractivity (Wildman–Crippen MR) is 84.7 cm³/mol. The molecule has 0 bridgehead atoms. The Morgan fingerprint density at radius 2 is 1.95 bits per heavy atom. The van der Waals surface area contributed by atoms with Crippen molar-refractivity contribution in [2.24, 2.45) is 4.99 Å². The number of morpholine rings is 1. The second-order valence-corrected chi connectivity index (χ2v) is 5.54. The molecule has 0 amide bonds. The Morgan fingerprint density at radius 1 is 1.25 bits per heavy atom. The molecule has 20 heavy (non-hydrogen) atoms. The third-order valence-corrected chi connectivity index (χ3v) is 4.09. The first-order valence-electron chi connectivity index (χ1n) is 6.66. The molecule has 4 nitrogen and oxygen atoms in total. The zero-order valence-electron chi connectivity index (χ0n) is 11.3. The van der Waals surface area contributed by atoms with Crippen molar-refractivity contribution in [1.82, 2.24) is 9.88 Å². The van der Waals surface area contributed by atoms with Crippen LogP contribution < -0.4 is 0 Å². The van der Waals surface area contributed by atoms with E-state index in [1.807, 2.05) is 18.5 Å². The Labute approximate surface area is 126 Å². The van der Waals surface area contributed by atoms with Crippen LogP contribution in [0.15, 0.2) is 33.9 Å². The van der Waals surface area contributed by atoms with Gasteiger partial charge in [0.25, 0.3) is 0 Å². The number of pyridine rings is 1. The van der Waals surface area contributed by atoms with Gasteiger partial charge in [0.1, 0.15) is 4.60 Å². The summed E-state index contributed by atoms with van der Waals surface area (Å²) in [5, 5.41) is 2.30. The van der Waals surface area contributed by atoms with Crippen molar-refractivity contribution in [3.05, 3.63) is 34.4 Å². The summed E-state index contributed by atoms with van der Waals surface area (Å²) >= 11 is 3.53. The monoisotopic (exact) mass is 333 g/mol. The van der Waals surface area contributed by atoms with Crippen LogP contribution in [-0.4, -0.2) is 42.5 Å². The maximum Gasteiger partial charge on any atom is 0.158 e. The van der Waals surface area contributed by atoms with Crippen LogP contribution in [0, 0.1) is 6.92 Å². The molecular weight excluding hydrogens is 318 g/mol. The number of hydrogen-bond acceptors (Lipinski definition) is 3. The van der Waals surface area contributed by atoms with Gasteiger partial charge in [-0.15, -0.1) is 0 Å². The molecule has 0 atom stereocenters. The number of rotatable bonds is 2. The van der Waals surface area contributed by atoms with E-state index >= 15 is 0 Å². The van der Waals surface area contributed by atoms with Gasteiger partial charge in [-0.25, -0.2) is 9.98 Å². The van der Waals surface area contributed by atoms with E-state index in [0.29, 0.717) is 0 Å². The second-order valence-electron chi connectivity index (χ2n) is 4.79. The van der Waals surface area contributed by atoms with Crippen LogP contribution in [-0.2, 0) is 4.74 Å². The molecule has 104 valence electrons. The predicted octanol–water partition coefficient (Wildman–Crippen LogP) is 3.30. The minimum atomic E-state index is 0.764. The molecule has 1 aliphatic heterocycles. The highest BCUT2D eigenvalue weighted by molar-refractivity contribution is 9.10. The molecule has 5 heteroatoms. The number of aromatic nitrogens is 1. The second kappa shape index (κ2) is 5.89. The number of aliphatic imine (C=N–C) groups is 1. The largest absolute Gasteiger partial charge is 0.378 e. The topological polar surface area (TPSA) is 37.7 Å². The van der Waals surface area contributed by atoms with Gasteiger partial charge in [0.05, 0.1) is 19.6 Å². The van der Waals surface area contributed by atoms with Crippen LogP contribution in [0.1, 0.15) is 5.56 Å². The zero-order valence-corrected chi connectivity index (χ0v) is 12.9. The summed E-state index contributed by atoms with van der Waals surface area (Å²) in [6.45, 7) is 5.36. The van der Waals surface area contributed by atoms with E-state index in [0.717, 1.165) is 47.7 Å². The van der Waals surface area contributed by atoms with Gasteiger partial charge in [0.2, 0.25) is 0 Å². The first-order valence-corrected chi connectivity index (χ1v) is 7.46. The fraction of sp³-hybridized carbons (Fsp3) is 0.333. The Kier molecular flexibility index (Phi) is 3.98. The molecule has 0 aliphatic carbocycles. The Balaban J connectivity index is 1.95. The molecule has 1 saturated heterocycles. The third-order valence-electron chi connectivity index (χ3n) is 3.48. The molecule has 3 rings (SSSR count). The summed E-state index contributed by atoms with van der Waals surface area (Å²) in [7, 11) is 0.